The molecule has 0 saturated carbocycles. The lowest BCUT2D eigenvalue weighted by molar-refractivity contribution is 0.307. The maximum Gasteiger partial charge on any atom is 0.115 e. The van der Waals surface area contributed by atoms with Gasteiger partial charge in [0.25, 0.3) is 0 Å². The van der Waals surface area contributed by atoms with Crippen LogP contribution in [0.25, 0.3) is 0 Å². The highest BCUT2D eigenvalue weighted by atomic mass is 35.5. The fraction of sp³-hybridized carbons (Fsp3) is 0.294. The molecule has 112 valence electrons. The molecule has 2 atom stereocenters. The molecule has 1 heterocycles. The van der Waals surface area contributed by atoms with Crippen molar-refractivity contribution in [2.75, 3.05) is 13.6 Å². The second-order valence-electron chi connectivity index (χ2n) is 5.42. The molecule has 0 aromatic heterocycles. The normalized spacial score (nSPS) is 22.0. The average Bonchev–Trinajstić information content (AvgIpc) is 2.58. The smallest absolute Gasteiger partial charge is 0.115 e. The number of hydrogen-bond acceptors (Lipinski definition) is 2. The Morgan fingerprint density at radius 1 is 1.14 bits per heavy atom. The molecule has 0 amide bonds. The van der Waals surface area contributed by atoms with E-state index in [1.54, 1.807) is 6.07 Å². The minimum atomic E-state index is -0.00740. The Morgan fingerprint density at radius 2 is 1.86 bits per heavy atom. The van der Waals surface area contributed by atoms with Crippen molar-refractivity contribution >= 4 is 24.0 Å². The van der Waals surface area contributed by atoms with Gasteiger partial charge >= 0.3 is 0 Å². The van der Waals surface area contributed by atoms with E-state index in [1.165, 1.54) is 16.7 Å². The summed E-state index contributed by atoms with van der Waals surface area (Å²) in [6.45, 7) is 0.856. The van der Waals surface area contributed by atoms with Gasteiger partial charge in [-0.3, -0.25) is 4.90 Å². The Bertz CT molecular complexity index is 603. The van der Waals surface area contributed by atoms with Crippen molar-refractivity contribution in [2.45, 2.75) is 17.8 Å². The standard InChI is InChI=1S/C17H18ClNO.ClH/c1-19-11-16(12-5-3-2-4-6-12)15-10-14(20)8-7-13(15)9-17(19)18;/h2-8,10,16-17,20H,9,11H2,1H3;1H. The number of aromatic hydroxyl groups is 1. The van der Waals surface area contributed by atoms with Gasteiger partial charge in [-0.1, -0.05) is 36.4 Å². The third kappa shape index (κ3) is 3.34. The molecule has 0 fully saturated rings. The molecule has 0 radical (unpaired) electrons. The second kappa shape index (κ2) is 6.69. The zero-order valence-corrected chi connectivity index (χ0v) is 13.4. The Kier molecular flexibility index (Phi) is 5.15. The van der Waals surface area contributed by atoms with Crippen LogP contribution in [-0.2, 0) is 6.42 Å². The molecule has 0 saturated heterocycles. The van der Waals surface area contributed by atoms with Crippen LogP contribution in [0.15, 0.2) is 48.5 Å². The zero-order valence-electron chi connectivity index (χ0n) is 11.9. The van der Waals surface area contributed by atoms with Crippen LogP contribution in [-0.4, -0.2) is 29.1 Å². The first-order valence-electron chi connectivity index (χ1n) is 6.86. The predicted molar refractivity (Wildman–Crippen MR) is 89.6 cm³/mol. The number of likely N-dealkylation sites (N-methyl/N-ethyl adjacent to an activating group) is 1. The van der Waals surface area contributed by atoms with Crippen molar-refractivity contribution in [3.05, 3.63) is 65.2 Å². The van der Waals surface area contributed by atoms with E-state index in [2.05, 4.69) is 36.2 Å². The minimum Gasteiger partial charge on any atom is -0.508 e. The Morgan fingerprint density at radius 3 is 2.57 bits per heavy atom. The maximum absolute atomic E-state index is 9.83. The van der Waals surface area contributed by atoms with Crippen LogP contribution >= 0.6 is 24.0 Å². The van der Waals surface area contributed by atoms with Crippen LogP contribution < -0.4 is 0 Å². The molecule has 1 aliphatic rings. The van der Waals surface area contributed by atoms with Gasteiger partial charge in [-0.05, 0) is 35.9 Å². The van der Waals surface area contributed by atoms with Gasteiger partial charge in [-0.2, -0.15) is 0 Å². The number of halogens is 2. The summed E-state index contributed by atoms with van der Waals surface area (Å²) in [4.78, 5) is 2.18. The average molecular weight is 324 g/mol. The van der Waals surface area contributed by atoms with Crippen molar-refractivity contribution in [1.82, 2.24) is 4.90 Å². The minimum absolute atomic E-state index is 0. The first kappa shape index (κ1) is 16.2. The van der Waals surface area contributed by atoms with E-state index in [4.69, 9.17) is 11.6 Å². The Hall–Kier alpha value is -1.22. The second-order valence-corrected chi connectivity index (χ2v) is 5.93. The molecule has 4 heteroatoms. The summed E-state index contributed by atoms with van der Waals surface area (Å²) in [5, 5.41) is 9.83. The fourth-order valence-corrected chi connectivity index (χ4v) is 3.15. The summed E-state index contributed by atoms with van der Waals surface area (Å²) >= 11 is 6.46. The Balaban J connectivity index is 0.00000161. The topological polar surface area (TPSA) is 23.5 Å². The van der Waals surface area contributed by atoms with Gasteiger partial charge < -0.3 is 5.11 Å². The van der Waals surface area contributed by atoms with Crippen LogP contribution in [0, 0.1) is 0 Å². The van der Waals surface area contributed by atoms with E-state index < -0.39 is 0 Å². The number of rotatable bonds is 1. The first-order chi connectivity index (χ1) is 9.65. The molecule has 2 aromatic rings. The summed E-state index contributed by atoms with van der Waals surface area (Å²) in [5.74, 6) is 0.562. The lowest BCUT2D eigenvalue weighted by atomic mass is 9.88. The van der Waals surface area contributed by atoms with Gasteiger partial charge in [-0.25, -0.2) is 0 Å². The van der Waals surface area contributed by atoms with E-state index >= 15 is 0 Å². The predicted octanol–water partition coefficient (Wildman–Crippen LogP) is 4.00. The lowest BCUT2D eigenvalue weighted by Gasteiger charge is -2.24. The molecule has 2 aromatic carbocycles. The molecule has 2 nitrogen and oxygen atoms in total. The number of phenols is 1. The summed E-state index contributed by atoms with van der Waals surface area (Å²) in [5.41, 5.74) is 3.66. The van der Waals surface area contributed by atoms with Crippen molar-refractivity contribution in [1.29, 1.82) is 0 Å². The third-order valence-electron chi connectivity index (χ3n) is 4.04. The number of alkyl halides is 1. The number of nitrogens with zero attached hydrogens (tertiary/aromatic N) is 1. The quantitative estimate of drug-likeness (QED) is 0.633. The van der Waals surface area contributed by atoms with E-state index in [9.17, 15) is 5.11 Å². The number of hydrogen-bond donors (Lipinski definition) is 1. The number of benzene rings is 2. The van der Waals surface area contributed by atoms with Crippen LogP contribution in [0.5, 0.6) is 5.75 Å². The van der Waals surface area contributed by atoms with Crippen LogP contribution in [0.3, 0.4) is 0 Å². The van der Waals surface area contributed by atoms with Crippen molar-refractivity contribution < 1.29 is 5.11 Å². The molecule has 0 bridgehead atoms. The third-order valence-corrected chi connectivity index (χ3v) is 4.53. The van der Waals surface area contributed by atoms with E-state index in [-0.39, 0.29) is 23.8 Å². The van der Waals surface area contributed by atoms with Crippen LogP contribution in [0.4, 0.5) is 0 Å². The molecule has 1 N–H and O–H groups in total. The highest BCUT2D eigenvalue weighted by Crippen LogP contribution is 2.35. The van der Waals surface area contributed by atoms with Gasteiger partial charge in [0.1, 0.15) is 5.75 Å². The summed E-state index contributed by atoms with van der Waals surface area (Å²) < 4.78 is 0. The molecule has 0 spiro atoms. The maximum atomic E-state index is 9.83. The molecule has 21 heavy (non-hydrogen) atoms. The van der Waals surface area contributed by atoms with Gasteiger partial charge in [0, 0.05) is 18.9 Å². The van der Waals surface area contributed by atoms with Crippen LogP contribution in [0.1, 0.15) is 22.6 Å². The fourth-order valence-electron chi connectivity index (χ4n) is 2.90. The first-order valence-corrected chi connectivity index (χ1v) is 7.30. The van der Waals surface area contributed by atoms with Gasteiger partial charge in [0.15, 0.2) is 0 Å². The van der Waals surface area contributed by atoms with E-state index in [1.807, 2.05) is 18.2 Å². The van der Waals surface area contributed by atoms with Crippen molar-refractivity contribution in [3.63, 3.8) is 0 Å². The van der Waals surface area contributed by atoms with E-state index in [0.29, 0.717) is 5.75 Å². The van der Waals surface area contributed by atoms with Gasteiger partial charge in [0.2, 0.25) is 0 Å². The lowest BCUT2D eigenvalue weighted by Crippen LogP contribution is -2.30. The highest BCUT2D eigenvalue weighted by Gasteiger charge is 2.27. The van der Waals surface area contributed by atoms with Crippen molar-refractivity contribution in [3.8, 4) is 5.75 Å². The SMILES string of the molecule is CN1CC(c2ccccc2)c2cc(O)ccc2CC1Cl.Cl. The molecule has 3 rings (SSSR count). The summed E-state index contributed by atoms with van der Waals surface area (Å²) in [6.07, 6.45) is 0.803. The van der Waals surface area contributed by atoms with Crippen molar-refractivity contribution in [2.24, 2.45) is 0 Å². The molecular weight excluding hydrogens is 305 g/mol. The summed E-state index contributed by atoms with van der Waals surface area (Å²) in [7, 11) is 2.05. The largest absolute Gasteiger partial charge is 0.508 e. The zero-order chi connectivity index (χ0) is 14.1. The van der Waals surface area contributed by atoms with Gasteiger partial charge in [0.05, 0.1) is 5.50 Å². The monoisotopic (exact) mass is 323 g/mol. The number of fused-ring (bicyclic) bond motifs is 1. The van der Waals surface area contributed by atoms with E-state index in [0.717, 1.165) is 13.0 Å². The van der Waals surface area contributed by atoms with Crippen LogP contribution in [0.2, 0.25) is 0 Å². The molecule has 0 aliphatic carbocycles. The Labute approximate surface area is 136 Å². The highest BCUT2D eigenvalue weighted by molar-refractivity contribution is 6.20. The molecule has 1 aliphatic heterocycles. The van der Waals surface area contributed by atoms with Gasteiger partial charge in [-0.15, -0.1) is 24.0 Å². The molecule has 2 unspecified atom stereocenters. The number of phenolic OH excluding ortho intramolecular Hbond substituents is 1. The summed E-state index contributed by atoms with van der Waals surface area (Å²) in [6, 6.07) is 16.0. The molecular formula is C17H19Cl2NO.